The van der Waals surface area contributed by atoms with Gasteiger partial charge in [-0.15, -0.1) is 0 Å². The maximum absolute atomic E-state index is 11.8. The molecule has 8 nitrogen and oxygen atoms in total. The predicted molar refractivity (Wildman–Crippen MR) is 100 cm³/mol. The van der Waals surface area contributed by atoms with Crippen molar-refractivity contribution in [2.45, 2.75) is 58.2 Å². The molecule has 8 heteroatoms. The Morgan fingerprint density at radius 2 is 2.00 bits per heavy atom. The topological polar surface area (TPSA) is 114 Å². The zero-order valence-electron chi connectivity index (χ0n) is 15.9. The molecule has 1 saturated heterocycles. The molecule has 1 aromatic heterocycles. The van der Waals surface area contributed by atoms with Gasteiger partial charge in [0.05, 0.1) is 13.2 Å². The van der Waals surface area contributed by atoms with Gasteiger partial charge in [0.25, 0.3) is 5.56 Å². The van der Waals surface area contributed by atoms with Crippen molar-refractivity contribution in [3.8, 4) is 0 Å². The maximum atomic E-state index is 11.8. The molecule has 2 rings (SSSR count). The van der Waals surface area contributed by atoms with E-state index in [0.29, 0.717) is 6.61 Å². The Bertz CT molecular complexity index is 790. The van der Waals surface area contributed by atoms with Crippen LogP contribution in [0.4, 0.5) is 0 Å². The second-order valence-electron chi connectivity index (χ2n) is 6.97. The van der Waals surface area contributed by atoms with Crippen molar-refractivity contribution in [2.75, 3.05) is 13.2 Å². The van der Waals surface area contributed by atoms with Crippen molar-refractivity contribution in [3.05, 3.63) is 56.4 Å². The van der Waals surface area contributed by atoms with Crippen LogP contribution in [-0.2, 0) is 9.47 Å². The third-order valence-electron chi connectivity index (χ3n) is 4.39. The van der Waals surface area contributed by atoms with Gasteiger partial charge in [-0.05, 0) is 33.6 Å². The molecule has 1 aliphatic heterocycles. The van der Waals surface area contributed by atoms with Gasteiger partial charge in [0.1, 0.15) is 18.3 Å². The summed E-state index contributed by atoms with van der Waals surface area (Å²) in [5.74, 6) is 0. The molecule has 4 atom stereocenters. The summed E-state index contributed by atoms with van der Waals surface area (Å²) >= 11 is 0. The van der Waals surface area contributed by atoms with Crippen molar-refractivity contribution in [2.24, 2.45) is 0 Å². The minimum absolute atomic E-state index is 0.0740. The molecule has 0 amide bonds. The van der Waals surface area contributed by atoms with Crippen LogP contribution >= 0.6 is 0 Å². The van der Waals surface area contributed by atoms with Gasteiger partial charge in [0.15, 0.2) is 6.23 Å². The fraction of sp³-hybridized carbons (Fsp3) is 0.579. The van der Waals surface area contributed by atoms with Gasteiger partial charge < -0.3 is 19.7 Å². The monoisotopic (exact) mass is 380 g/mol. The lowest BCUT2D eigenvalue weighted by Gasteiger charge is -2.16. The number of rotatable bonds is 8. The minimum atomic E-state index is -1.30. The highest BCUT2D eigenvalue weighted by molar-refractivity contribution is 5.02. The molecular formula is C19H28N2O6. The second kappa shape index (κ2) is 9.80. The van der Waals surface area contributed by atoms with Crippen LogP contribution in [0.5, 0.6) is 0 Å². The molecule has 0 unspecified atom stereocenters. The summed E-state index contributed by atoms with van der Waals surface area (Å²) in [5, 5.41) is 20.3. The van der Waals surface area contributed by atoms with Crippen LogP contribution in [0, 0.1) is 0 Å². The van der Waals surface area contributed by atoms with E-state index in [4.69, 9.17) is 9.47 Å². The van der Waals surface area contributed by atoms with Gasteiger partial charge in [0, 0.05) is 12.3 Å². The van der Waals surface area contributed by atoms with Crippen molar-refractivity contribution < 1.29 is 19.7 Å². The molecule has 2 heterocycles. The van der Waals surface area contributed by atoms with Gasteiger partial charge in [0.2, 0.25) is 0 Å². The van der Waals surface area contributed by atoms with Gasteiger partial charge in [-0.2, -0.15) is 0 Å². The number of allylic oxidation sites excluding steroid dienone is 3. The van der Waals surface area contributed by atoms with E-state index in [0.717, 1.165) is 23.5 Å². The van der Waals surface area contributed by atoms with Crippen LogP contribution in [0.1, 0.15) is 39.8 Å². The molecule has 0 aromatic carbocycles. The third kappa shape index (κ3) is 6.00. The Hall–Kier alpha value is -2.00. The van der Waals surface area contributed by atoms with E-state index in [-0.39, 0.29) is 6.61 Å². The fourth-order valence-corrected chi connectivity index (χ4v) is 2.80. The van der Waals surface area contributed by atoms with Crippen LogP contribution in [0.25, 0.3) is 0 Å². The first-order chi connectivity index (χ1) is 12.8. The molecule has 0 saturated carbocycles. The highest BCUT2D eigenvalue weighted by Crippen LogP contribution is 2.28. The van der Waals surface area contributed by atoms with Gasteiger partial charge in [-0.1, -0.05) is 23.3 Å². The minimum Gasteiger partial charge on any atom is -0.387 e. The first kappa shape index (κ1) is 21.3. The average Bonchev–Trinajstić information content (AvgIpc) is 2.87. The van der Waals surface area contributed by atoms with E-state index in [1.165, 1.54) is 17.3 Å². The molecule has 27 heavy (non-hydrogen) atoms. The van der Waals surface area contributed by atoms with Crippen LogP contribution in [-0.4, -0.2) is 51.3 Å². The van der Waals surface area contributed by atoms with Crippen LogP contribution < -0.4 is 11.2 Å². The largest absolute Gasteiger partial charge is 0.387 e. The lowest BCUT2D eigenvalue weighted by molar-refractivity contribution is -0.0652. The Morgan fingerprint density at radius 3 is 2.67 bits per heavy atom. The molecule has 150 valence electrons. The van der Waals surface area contributed by atoms with Crippen molar-refractivity contribution in [3.63, 3.8) is 0 Å². The molecule has 3 N–H and O–H groups in total. The maximum Gasteiger partial charge on any atom is 0.330 e. The second-order valence-corrected chi connectivity index (χ2v) is 6.97. The normalized spacial score (nSPS) is 25.6. The molecule has 1 aliphatic rings. The fourth-order valence-electron chi connectivity index (χ4n) is 2.80. The molecule has 0 bridgehead atoms. The molecule has 1 aromatic rings. The highest BCUT2D eigenvalue weighted by atomic mass is 16.6. The number of aliphatic hydroxyl groups excluding tert-OH is 2. The summed E-state index contributed by atoms with van der Waals surface area (Å²) < 4.78 is 12.2. The van der Waals surface area contributed by atoms with Gasteiger partial charge in [-0.25, -0.2) is 4.79 Å². The SMILES string of the molecule is CC(C)=CCC/C(C)=C/COC[C@@H]1O[C@H](n2ccc(=O)[nH]c2=O)[C@@H](O)[C@H]1O. The molecule has 0 aliphatic carbocycles. The number of hydrogen-bond acceptors (Lipinski definition) is 6. The number of aromatic nitrogens is 2. The Labute approximate surface area is 157 Å². The summed E-state index contributed by atoms with van der Waals surface area (Å²) in [6.07, 6.45) is 2.96. The number of nitrogens with one attached hydrogen (secondary N) is 1. The number of ether oxygens (including phenoxy) is 2. The third-order valence-corrected chi connectivity index (χ3v) is 4.39. The van der Waals surface area contributed by atoms with E-state index >= 15 is 0 Å². The molecule has 0 radical (unpaired) electrons. The zero-order chi connectivity index (χ0) is 20.0. The average molecular weight is 380 g/mol. The van der Waals surface area contributed by atoms with Crippen molar-refractivity contribution in [1.29, 1.82) is 0 Å². The first-order valence-electron chi connectivity index (χ1n) is 8.99. The summed E-state index contributed by atoms with van der Waals surface area (Å²) in [6, 6.07) is 1.15. The highest BCUT2D eigenvalue weighted by Gasteiger charge is 2.44. The first-order valence-corrected chi connectivity index (χ1v) is 8.99. The number of aliphatic hydroxyl groups is 2. The van der Waals surface area contributed by atoms with Crippen molar-refractivity contribution >= 4 is 0 Å². The zero-order valence-corrected chi connectivity index (χ0v) is 15.9. The number of H-pyrrole nitrogens is 1. The summed E-state index contributed by atoms with van der Waals surface area (Å²) in [6.45, 7) is 6.61. The van der Waals surface area contributed by atoms with E-state index in [9.17, 15) is 19.8 Å². The molecular weight excluding hydrogens is 352 g/mol. The number of nitrogens with zero attached hydrogens (tertiary/aromatic N) is 1. The lowest BCUT2D eigenvalue weighted by Crippen LogP contribution is -2.37. The van der Waals surface area contributed by atoms with E-state index in [1.54, 1.807) is 0 Å². The Balaban J connectivity index is 1.86. The summed E-state index contributed by atoms with van der Waals surface area (Å²) in [7, 11) is 0. The summed E-state index contributed by atoms with van der Waals surface area (Å²) in [4.78, 5) is 25.1. The number of hydrogen-bond donors (Lipinski definition) is 3. The predicted octanol–water partition coefficient (Wildman–Crippen LogP) is 0.865. The van der Waals surface area contributed by atoms with Crippen LogP contribution in [0.2, 0.25) is 0 Å². The Kier molecular flexibility index (Phi) is 7.73. The van der Waals surface area contributed by atoms with E-state index < -0.39 is 35.8 Å². The standard InChI is InChI=1S/C19H28N2O6/c1-12(2)5-4-6-13(3)8-10-26-11-14-16(23)17(24)18(27-14)21-9-7-15(22)20-19(21)25/h5,7-9,14,16-18,23-24H,4,6,10-11H2,1-3H3,(H,20,22,25)/b13-8+/t14-,16-,17-,18-/m0/s1. The summed E-state index contributed by atoms with van der Waals surface area (Å²) in [5.41, 5.74) is 1.24. The molecule has 1 fully saturated rings. The lowest BCUT2D eigenvalue weighted by atomic mass is 10.1. The Morgan fingerprint density at radius 1 is 1.26 bits per heavy atom. The van der Waals surface area contributed by atoms with Crippen LogP contribution in [0.3, 0.4) is 0 Å². The van der Waals surface area contributed by atoms with Crippen molar-refractivity contribution in [1.82, 2.24) is 9.55 Å². The smallest absolute Gasteiger partial charge is 0.330 e. The van der Waals surface area contributed by atoms with Crippen LogP contribution in [0.15, 0.2) is 45.2 Å². The quantitative estimate of drug-likeness (QED) is 0.455. The number of aromatic amines is 1. The van der Waals surface area contributed by atoms with E-state index in [1.807, 2.05) is 13.0 Å². The van der Waals surface area contributed by atoms with E-state index in [2.05, 4.69) is 24.9 Å². The van der Waals surface area contributed by atoms with Gasteiger partial charge in [-0.3, -0.25) is 14.3 Å². The molecule has 0 spiro atoms. The van der Waals surface area contributed by atoms with Gasteiger partial charge >= 0.3 is 5.69 Å².